The fourth-order valence-corrected chi connectivity index (χ4v) is 3.27. The molecule has 0 fully saturated rings. The predicted molar refractivity (Wildman–Crippen MR) is 95.5 cm³/mol. The van der Waals surface area contributed by atoms with Crippen molar-refractivity contribution in [2.45, 2.75) is 27.3 Å². The summed E-state index contributed by atoms with van der Waals surface area (Å²) < 4.78 is 2.31. The van der Waals surface area contributed by atoms with Crippen molar-refractivity contribution in [3.63, 3.8) is 0 Å². The van der Waals surface area contributed by atoms with Crippen molar-refractivity contribution in [3.8, 4) is 11.3 Å². The third-order valence-electron chi connectivity index (χ3n) is 3.57. The van der Waals surface area contributed by atoms with Crippen LogP contribution in [0.3, 0.4) is 0 Å². The van der Waals surface area contributed by atoms with E-state index in [-0.39, 0.29) is 12.4 Å². The van der Waals surface area contributed by atoms with E-state index < -0.39 is 0 Å². The zero-order valence-corrected chi connectivity index (χ0v) is 14.5. The summed E-state index contributed by atoms with van der Waals surface area (Å²) >= 11 is 1.60. The van der Waals surface area contributed by atoms with Gasteiger partial charge in [0.1, 0.15) is 5.82 Å². The molecule has 1 N–H and O–H groups in total. The lowest BCUT2D eigenvalue weighted by molar-refractivity contribution is 0.719. The molecule has 0 radical (unpaired) electrons. The Bertz CT molecular complexity index is 749. The van der Waals surface area contributed by atoms with Gasteiger partial charge in [-0.25, -0.2) is 9.97 Å². The number of hydrogen-bond donors (Lipinski definition) is 1. The van der Waals surface area contributed by atoms with Crippen LogP contribution in [0.2, 0.25) is 0 Å². The van der Waals surface area contributed by atoms with E-state index in [1.54, 1.807) is 17.5 Å². The van der Waals surface area contributed by atoms with E-state index in [1.807, 2.05) is 18.2 Å². The topological polar surface area (TPSA) is 42.7 Å². The lowest BCUT2D eigenvalue weighted by Gasteiger charge is -2.04. The maximum absolute atomic E-state index is 4.68. The third kappa shape index (κ3) is 3.15. The van der Waals surface area contributed by atoms with Crippen molar-refractivity contribution in [2.75, 3.05) is 5.32 Å². The molecule has 4 nitrogen and oxygen atoms in total. The molecule has 0 aliphatic rings. The van der Waals surface area contributed by atoms with Crippen LogP contribution in [0.25, 0.3) is 11.3 Å². The number of aryl methyl sites for hydroxylation is 1. The fourth-order valence-electron chi connectivity index (χ4n) is 2.55. The van der Waals surface area contributed by atoms with Gasteiger partial charge in [-0.2, -0.15) is 0 Å². The molecule has 3 aromatic rings. The van der Waals surface area contributed by atoms with E-state index in [1.165, 1.54) is 17.0 Å². The molecule has 0 unspecified atom stereocenters. The van der Waals surface area contributed by atoms with Crippen LogP contribution in [0.15, 0.2) is 35.8 Å². The Balaban J connectivity index is 0.00000176. The van der Waals surface area contributed by atoms with Crippen LogP contribution in [0.5, 0.6) is 0 Å². The number of rotatable bonds is 4. The van der Waals surface area contributed by atoms with Crippen molar-refractivity contribution in [1.82, 2.24) is 14.5 Å². The second-order valence-corrected chi connectivity index (χ2v) is 5.77. The molecule has 0 amide bonds. The average molecular weight is 335 g/mol. The maximum Gasteiger partial charge on any atom is 0.188 e. The van der Waals surface area contributed by atoms with E-state index in [4.69, 9.17) is 0 Å². The van der Waals surface area contributed by atoms with Gasteiger partial charge in [0, 0.05) is 35.1 Å². The number of halogens is 1. The van der Waals surface area contributed by atoms with E-state index in [0.29, 0.717) is 0 Å². The van der Waals surface area contributed by atoms with E-state index in [2.05, 4.69) is 52.1 Å². The van der Waals surface area contributed by atoms with Crippen molar-refractivity contribution in [3.05, 3.63) is 47.2 Å². The quantitative estimate of drug-likeness (QED) is 0.744. The highest BCUT2D eigenvalue weighted by Gasteiger charge is 2.13. The third-order valence-corrected chi connectivity index (χ3v) is 4.33. The molecule has 0 saturated heterocycles. The zero-order valence-electron chi connectivity index (χ0n) is 12.8. The van der Waals surface area contributed by atoms with Crippen molar-refractivity contribution >= 4 is 34.7 Å². The molecule has 0 aliphatic carbocycles. The Morgan fingerprint density at radius 1 is 1.27 bits per heavy atom. The summed E-state index contributed by atoms with van der Waals surface area (Å²) in [7, 11) is 0. The molecule has 116 valence electrons. The number of aromatic nitrogens is 3. The van der Waals surface area contributed by atoms with Crippen LogP contribution in [-0.2, 0) is 6.54 Å². The van der Waals surface area contributed by atoms with Gasteiger partial charge < -0.3 is 9.88 Å². The lowest BCUT2D eigenvalue weighted by atomic mass is 10.2. The fraction of sp³-hybridized carbons (Fsp3) is 0.250. The first kappa shape index (κ1) is 16.5. The van der Waals surface area contributed by atoms with Crippen molar-refractivity contribution in [1.29, 1.82) is 0 Å². The monoisotopic (exact) mass is 334 g/mol. The summed E-state index contributed by atoms with van der Waals surface area (Å²) in [5.74, 6) is 0.817. The van der Waals surface area contributed by atoms with Crippen LogP contribution in [0.4, 0.5) is 10.9 Å². The Kier molecular flexibility index (Phi) is 5.21. The normalized spacial score (nSPS) is 10.3. The summed E-state index contributed by atoms with van der Waals surface area (Å²) in [6.45, 7) is 7.44. The van der Waals surface area contributed by atoms with Gasteiger partial charge >= 0.3 is 0 Å². The Morgan fingerprint density at radius 3 is 2.73 bits per heavy atom. The van der Waals surface area contributed by atoms with Gasteiger partial charge in [-0.3, -0.25) is 0 Å². The second-order valence-electron chi connectivity index (χ2n) is 4.91. The minimum Gasteiger partial charge on any atom is -0.349 e. The van der Waals surface area contributed by atoms with Gasteiger partial charge in [-0.05, 0) is 39.0 Å². The standard InChI is InChI=1S/C16H18N4S.ClH/c1-4-20-11(2)9-13(12(20)3)14-10-21-16(18-14)19-15-7-5-6-8-17-15;/h5-10H,4H2,1-3H3,(H,17,18,19);1H. The first-order chi connectivity index (χ1) is 10.2. The molecule has 0 spiro atoms. The Morgan fingerprint density at radius 2 is 2.09 bits per heavy atom. The van der Waals surface area contributed by atoms with Crippen molar-refractivity contribution in [2.24, 2.45) is 0 Å². The van der Waals surface area contributed by atoms with Gasteiger partial charge in [0.15, 0.2) is 5.13 Å². The van der Waals surface area contributed by atoms with E-state index in [9.17, 15) is 0 Å². The average Bonchev–Trinajstić information content (AvgIpc) is 3.05. The van der Waals surface area contributed by atoms with Gasteiger partial charge in [-0.1, -0.05) is 6.07 Å². The number of hydrogen-bond acceptors (Lipinski definition) is 4. The second kappa shape index (κ2) is 6.94. The summed E-state index contributed by atoms with van der Waals surface area (Å²) in [5, 5.41) is 6.19. The molecule has 3 aromatic heterocycles. The molecule has 0 aromatic carbocycles. The highest BCUT2D eigenvalue weighted by molar-refractivity contribution is 7.14. The molecule has 0 saturated carbocycles. The van der Waals surface area contributed by atoms with Crippen molar-refractivity contribution < 1.29 is 0 Å². The van der Waals surface area contributed by atoms with Crippen LogP contribution in [0.1, 0.15) is 18.3 Å². The molecule has 0 atom stereocenters. The van der Waals surface area contributed by atoms with Crippen LogP contribution < -0.4 is 5.32 Å². The molecule has 0 aliphatic heterocycles. The highest BCUT2D eigenvalue weighted by atomic mass is 35.5. The van der Waals surface area contributed by atoms with Gasteiger partial charge in [0.05, 0.1) is 5.69 Å². The van der Waals surface area contributed by atoms with Gasteiger partial charge in [0.2, 0.25) is 0 Å². The summed E-state index contributed by atoms with van der Waals surface area (Å²) in [4.78, 5) is 8.94. The molecule has 0 bridgehead atoms. The smallest absolute Gasteiger partial charge is 0.188 e. The summed E-state index contributed by atoms with van der Waals surface area (Å²) in [6, 6.07) is 8.00. The number of nitrogens with zero attached hydrogens (tertiary/aromatic N) is 3. The molecule has 3 heterocycles. The molecular formula is C16H19ClN4S. The number of pyridine rings is 1. The van der Waals surface area contributed by atoms with Crippen LogP contribution in [0, 0.1) is 13.8 Å². The number of thiazole rings is 1. The minimum atomic E-state index is 0. The molecular weight excluding hydrogens is 316 g/mol. The molecule has 22 heavy (non-hydrogen) atoms. The van der Waals surface area contributed by atoms with Gasteiger partial charge in [0.25, 0.3) is 0 Å². The molecule has 3 rings (SSSR count). The first-order valence-corrected chi connectivity index (χ1v) is 7.87. The minimum absolute atomic E-state index is 0. The van der Waals surface area contributed by atoms with E-state index in [0.717, 1.165) is 23.2 Å². The Labute approximate surface area is 140 Å². The summed E-state index contributed by atoms with van der Waals surface area (Å²) in [5.41, 5.74) is 4.77. The number of anilines is 2. The molecule has 6 heteroatoms. The SMILES string of the molecule is CCn1c(C)cc(-c2csc(Nc3ccccn3)n2)c1C.Cl. The van der Waals surface area contributed by atoms with E-state index >= 15 is 0 Å². The maximum atomic E-state index is 4.68. The van der Waals surface area contributed by atoms with Crippen LogP contribution >= 0.6 is 23.7 Å². The zero-order chi connectivity index (χ0) is 14.8. The largest absolute Gasteiger partial charge is 0.349 e. The number of nitrogens with one attached hydrogen (secondary N) is 1. The Hall–Kier alpha value is -1.85. The van der Waals surface area contributed by atoms with Gasteiger partial charge in [-0.15, -0.1) is 23.7 Å². The first-order valence-electron chi connectivity index (χ1n) is 6.99. The van der Waals surface area contributed by atoms with Crippen LogP contribution in [-0.4, -0.2) is 14.5 Å². The predicted octanol–water partition coefficient (Wildman–Crippen LogP) is 4.81. The summed E-state index contributed by atoms with van der Waals surface area (Å²) in [6.07, 6.45) is 1.77. The highest BCUT2D eigenvalue weighted by Crippen LogP contribution is 2.30. The lowest BCUT2D eigenvalue weighted by Crippen LogP contribution is -1.98.